The zero-order valence-corrected chi connectivity index (χ0v) is 8.59. The quantitative estimate of drug-likeness (QED) is 0.554. The van der Waals surface area contributed by atoms with Crippen LogP contribution in [0.4, 0.5) is 0 Å². The van der Waals surface area contributed by atoms with Gasteiger partial charge in [-0.15, -0.1) is 11.6 Å². The van der Waals surface area contributed by atoms with E-state index in [4.69, 9.17) is 16.9 Å². The summed E-state index contributed by atoms with van der Waals surface area (Å²) in [6.07, 6.45) is 2.25. The first-order valence-corrected chi connectivity index (χ1v) is 5.79. The molecule has 74 valence electrons. The topological polar surface area (TPSA) is 83.7 Å². The number of nitrogens with zero attached hydrogens (tertiary/aromatic N) is 3. The summed E-state index contributed by atoms with van der Waals surface area (Å²) in [5.41, 5.74) is -0.0578. The zero-order valence-electron chi connectivity index (χ0n) is 7.01. The normalized spacial score (nSPS) is 10.9. The van der Waals surface area contributed by atoms with E-state index < -0.39 is 9.84 Å². The third-order valence-corrected chi connectivity index (χ3v) is 3.51. The van der Waals surface area contributed by atoms with Gasteiger partial charge in [0.15, 0.2) is 14.9 Å². The predicted octanol–water partition coefficient (Wildman–Crippen LogP) is 0.361. The average Bonchev–Trinajstić information content (AvgIpc) is 2.18. The monoisotopic (exact) mass is 231 g/mol. The van der Waals surface area contributed by atoms with Gasteiger partial charge >= 0.3 is 0 Å². The van der Waals surface area contributed by atoms with Gasteiger partial charge in [-0.05, 0) is 0 Å². The Kier molecular flexibility index (Phi) is 3.38. The van der Waals surface area contributed by atoms with E-state index in [0.29, 0.717) is 0 Å². The van der Waals surface area contributed by atoms with E-state index in [1.165, 1.54) is 0 Å². The van der Waals surface area contributed by atoms with Gasteiger partial charge in [0.2, 0.25) is 0 Å². The maximum atomic E-state index is 11.5. The molecule has 1 heterocycles. The van der Waals surface area contributed by atoms with Crippen LogP contribution in [-0.4, -0.2) is 30.0 Å². The molecule has 0 amide bonds. The second kappa shape index (κ2) is 4.35. The van der Waals surface area contributed by atoms with Crippen molar-refractivity contribution in [2.75, 3.05) is 11.6 Å². The van der Waals surface area contributed by atoms with E-state index in [2.05, 4.69) is 9.97 Å². The highest BCUT2D eigenvalue weighted by Crippen LogP contribution is 2.11. The number of sulfone groups is 1. The molecule has 0 saturated heterocycles. The Labute approximate surface area is 86.3 Å². The molecule has 1 aromatic rings. The van der Waals surface area contributed by atoms with Crippen LogP contribution in [0, 0.1) is 11.3 Å². The Balaban J connectivity index is 3.27. The highest BCUT2D eigenvalue weighted by atomic mass is 35.5. The van der Waals surface area contributed by atoms with Gasteiger partial charge in [0.25, 0.3) is 0 Å². The Morgan fingerprint density at radius 3 is 2.86 bits per heavy atom. The van der Waals surface area contributed by atoms with Crippen LogP contribution in [0.3, 0.4) is 0 Å². The van der Waals surface area contributed by atoms with Crippen LogP contribution in [0.5, 0.6) is 0 Å². The first-order valence-electron chi connectivity index (χ1n) is 3.60. The molecule has 1 rings (SSSR count). The smallest absolute Gasteiger partial charge is 0.198 e. The lowest BCUT2D eigenvalue weighted by molar-refractivity contribution is 0.593. The van der Waals surface area contributed by atoms with Crippen molar-refractivity contribution in [3.05, 3.63) is 18.1 Å². The van der Waals surface area contributed by atoms with Gasteiger partial charge < -0.3 is 0 Å². The molecule has 0 radical (unpaired) electrons. The standard InChI is InChI=1S/C7H6ClN3O2S/c8-1-2-14(12,13)7-6(3-9)4-10-5-11-7/h4-5H,1-2H2. The van der Waals surface area contributed by atoms with E-state index in [0.717, 1.165) is 12.5 Å². The number of rotatable bonds is 3. The van der Waals surface area contributed by atoms with Crippen molar-refractivity contribution in [3.63, 3.8) is 0 Å². The SMILES string of the molecule is N#Cc1cncnc1S(=O)(=O)CCCl. The number of hydrogen-bond donors (Lipinski definition) is 0. The van der Waals surface area contributed by atoms with Crippen LogP contribution in [0.15, 0.2) is 17.6 Å². The van der Waals surface area contributed by atoms with E-state index in [-0.39, 0.29) is 22.2 Å². The number of halogens is 1. The first kappa shape index (κ1) is 10.9. The fourth-order valence-electron chi connectivity index (χ4n) is 0.841. The van der Waals surface area contributed by atoms with Gasteiger partial charge in [-0.25, -0.2) is 18.4 Å². The Hall–Kier alpha value is -1.19. The minimum absolute atomic E-state index is 0.0306. The molecule has 5 nitrogen and oxygen atoms in total. The molecule has 1 aromatic heterocycles. The van der Waals surface area contributed by atoms with Crippen molar-refractivity contribution in [1.82, 2.24) is 9.97 Å². The number of alkyl halides is 1. The van der Waals surface area contributed by atoms with E-state index in [1.807, 2.05) is 0 Å². The highest BCUT2D eigenvalue weighted by Gasteiger charge is 2.19. The zero-order chi connectivity index (χ0) is 10.6. The largest absolute Gasteiger partial charge is 0.243 e. The molecule has 0 aliphatic carbocycles. The summed E-state index contributed by atoms with van der Waals surface area (Å²) in [5, 5.41) is 8.37. The van der Waals surface area contributed by atoms with Gasteiger partial charge in [-0.3, -0.25) is 0 Å². The van der Waals surface area contributed by atoms with Gasteiger partial charge in [-0.2, -0.15) is 5.26 Å². The van der Waals surface area contributed by atoms with Crippen molar-refractivity contribution in [3.8, 4) is 6.07 Å². The van der Waals surface area contributed by atoms with Crippen LogP contribution < -0.4 is 0 Å². The lowest BCUT2D eigenvalue weighted by Crippen LogP contribution is -2.12. The fourth-order valence-corrected chi connectivity index (χ4v) is 2.49. The molecule has 0 bridgehead atoms. The van der Waals surface area contributed by atoms with E-state index >= 15 is 0 Å². The number of nitriles is 1. The van der Waals surface area contributed by atoms with Gasteiger partial charge in [-0.1, -0.05) is 0 Å². The molecule has 0 aliphatic rings. The van der Waals surface area contributed by atoms with Crippen LogP contribution in [0.25, 0.3) is 0 Å². The fraction of sp³-hybridized carbons (Fsp3) is 0.286. The summed E-state index contributed by atoms with van der Waals surface area (Å²) in [7, 11) is -3.56. The molecular weight excluding hydrogens is 226 g/mol. The van der Waals surface area contributed by atoms with Crippen molar-refractivity contribution in [2.24, 2.45) is 0 Å². The van der Waals surface area contributed by atoms with Crippen molar-refractivity contribution in [1.29, 1.82) is 5.26 Å². The van der Waals surface area contributed by atoms with Crippen molar-refractivity contribution in [2.45, 2.75) is 5.03 Å². The maximum absolute atomic E-state index is 11.5. The lowest BCUT2D eigenvalue weighted by atomic mass is 10.4. The molecule has 14 heavy (non-hydrogen) atoms. The number of aromatic nitrogens is 2. The second-order valence-electron chi connectivity index (χ2n) is 2.36. The lowest BCUT2D eigenvalue weighted by Gasteiger charge is -2.01. The summed E-state index contributed by atoms with van der Waals surface area (Å²) in [6.45, 7) is 0. The molecule has 0 N–H and O–H groups in total. The second-order valence-corrected chi connectivity index (χ2v) is 4.76. The molecule has 0 atom stereocenters. The summed E-state index contributed by atoms with van der Waals surface area (Å²) in [4.78, 5) is 7.12. The van der Waals surface area contributed by atoms with E-state index in [9.17, 15) is 8.42 Å². The minimum Gasteiger partial charge on any atom is -0.243 e. The molecular formula is C7H6ClN3O2S. The molecule has 0 unspecified atom stereocenters. The van der Waals surface area contributed by atoms with Crippen LogP contribution in [0.1, 0.15) is 5.56 Å². The average molecular weight is 232 g/mol. The van der Waals surface area contributed by atoms with Gasteiger partial charge in [0.05, 0.1) is 5.75 Å². The van der Waals surface area contributed by atoms with Crippen molar-refractivity contribution < 1.29 is 8.42 Å². The Morgan fingerprint density at radius 1 is 1.57 bits per heavy atom. The first-order chi connectivity index (χ1) is 6.61. The molecule has 0 aliphatic heterocycles. The third-order valence-electron chi connectivity index (χ3n) is 1.44. The molecule has 0 aromatic carbocycles. The molecule has 0 saturated carbocycles. The Bertz CT molecular complexity index is 466. The summed E-state index contributed by atoms with van der Waals surface area (Å²) >= 11 is 5.33. The number of hydrogen-bond acceptors (Lipinski definition) is 5. The molecule has 0 spiro atoms. The molecule has 7 heteroatoms. The Morgan fingerprint density at radius 2 is 2.29 bits per heavy atom. The highest BCUT2D eigenvalue weighted by molar-refractivity contribution is 7.91. The van der Waals surface area contributed by atoms with E-state index in [1.54, 1.807) is 6.07 Å². The maximum Gasteiger partial charge on any atom is 0.198 e. The van der Waals surface area contributed by atoms with Crippen LogP contribution in [0.2, 0.25) is 0 Å². The third kappa shape index (κ3) is 2.19. The minimum atomic E-state index is -3.56. The summed E-state index contributed by atoms with van der Waals surface area (Å²) < 4.78 is 23.0. The van der Waals surface area contributed by atoms with Crippen LogP contribution >= 0.6 is 11.6 Å². The van der Waals surface area contributed by atoms with Crippen LogP contribution in [-0.2, 0) is 9.84 Å². The summed E-state index contributed by atoms with van der Waals surface area (Å²) in [5.74, 6) is -0.266. The van der Waals surface area contributed by atoms with Gasteiger partial charge in [0.1, 0.15) is 18.0 Å². The predicted molar refractivity (Wildman–Crippen MR) is 49.5 cm³/mol. The van der Waals surface area contributed by atoms with Gasteiger partial charge in [0, 0.05) is 12.1 Å². The van der Waals surface area contributed by atoms with Crippen molar-refractivity contribution >= 4 is 21.4 Å². The summed E-state index contributed by atoms with van der Waals surface area (Å²) in [6, 6.07) is 1.71. The molecule has 0 fully saturated rings.